The highest BCUT2D eigenvalue weighted by Crippen LogP contribution is 2.26. The molecule has 0 bridgehead atoms. The molecule has 0 aromatic carbocycles. The second kappa shape index (κ2) is 4.97. The molecular weight excluding hydrogens is 180 g/mol. The second-order valence-corrected chi connectivity index (χ2v) is 4.41. The van der Waals surface area contributed by atoms with E-state index < -0.39 is 0 Å². The summed E-state index contributed by atoms with van der Waals surface area (Å²) in [5.41, 5.74) is 2.57. The van der Waals surface area contributed by atoms with Crippen LogP contribution in [0.3, 0.4) is 0 Å². The van der Waals surface area contributed by atoms with Gasteiger partial charge in [0.1, 0.15) is 0 Å². The van der Waals surface area contributed by atoms with Crippen LogP contribution in [0.5, 0.6) is 0 Å². The van der Waals surface area contributed by atoms with Crippen LogP contribution in [0.4, 0.5) is 0 Å². The third kappa shape index (κ3) is 3.39. The molecule has 1 aliphatic carbocycles. The molecule has 0 N–H and O–H groups in total. The first-order valence-corrected chi connectivity index (χ1v) is 5.51. The molecule has 0 heterocycles. The molecule has 1 aliphatic rings. The van der Waals surface area contributed by atoms with Crippen LogP contribution in [0.25, 0.3) is 0 Å². The highest BCUT2D eigenvalue weighted by atomic mass is 14.2. The van der Waals surface area contributed by atoms with E-state index in [1.54, 1.807) is 0 Å². The van der Waals surface area contributed by atoms with E-state index in [0.717, 1.165) is 6.42 Å². The smallest absolute Gasteiger partial charge is 0.00111 e. The van der Waals surface area contributed by atoms with E-state index in [1.165, 1.54) is 11.1 Å². The Bertz CT molecular complexity index is 346. The van der Waals surface area contributed by atoms with Gasteiger partial charge in [-0.3, -0.25) is 0 Å². The lowest BCUT2D eigenvalue weighted by molar-refractivity contribution is 0.627. The lowest BCUT2D eigenvalue weighted by Crippen LogP contribution is -2.00. The van der Waals surface area contributed by atoms with Crippen molar-refractivity contribution in [2.45, 2.75) is 27.2 Å². The van der Waals surface area contributed by atoms with Gasteiger partial charge in [0.2, 0.25) is 0 Å². The van der Waals surface area contributed by atoms with E-state index in [2.05, 4.69) is 63.8 Å². The largest absolute Gasteiger partial charge is 0.0984 e. The average Bonchev–Trinajstić information content (AvgIpc) is 2.34. The highest BCUT2D eigenvalue weighted by Gasteiger charge is 2.11. The molecular formula is C15H20. The molecule has 0 saturated carbocycles. The predicted octanol–water partition coefficient (Wildman–Crippen LogP) is 4.59. The van der Waals surface area contributed by atoms with Crippen LogP contribution in [0.2, 0.25) is 0 Å². The van der Waals surface area contributed by atoms with Crippen molar-refractivity contribution in [3.8, 4) is 0 Å². The fourth-order valence-corrected chi connectivity index (χ4v) is 1.44. The van der Waals surface area contributed by atoms with Gasteiger partial charge in [0.25, 0.3) is 0 Å². The Morgan fingerprint density at radius 2 is 1.80 bits per heavy atom. The van der Waals surface area contributed by atoms with E-state index in [-0.39, 0.29) is 5.41 Å². The molecule has 1 rings (SSSR count). The Morgan fingerprint density at radius 3 is 2.33 bits per heavy atom. The first-order chi connectivity index (χ1) is 7.09. The second-order valence-electron chi connectivity index (χ2n) is 4.41. The van der Waals surface area contributed by atoms with Crippen LogP contribution in [0.15, 0.2) is 60.3 Å². The maximum absolute atomic E-state index is 3.86. The van der Waals surface area contributed by atoms with Crippen LogP contribution in [-0.4, -0.2) is 0 Å². The van der Waals surface area contributed by atoms with Crippen molar-refractivity contribution in [3.05, 3.63) is 60.3 Å². The zero-order chi connectivity index (χ0) is 11.3. The Kier molecular flexibility index (Phi) is 3.90. The normalized spacial score (nSPS) is 19.7. The van der Waals surface area contributed by atoms with Crippen molar-refractivity contribution in [2.75, 3.05) is 0 Å². The first kappa shape index (κ1) is 11.8. The SMILES string of the molecule is C=CC1=C(/C=C\CC)C=CC(C)(C)C=C1. The lowest BCUT2D eigenvalue weighted by atomic mass is 9.93. The molecule has 0 atom stereocenters. The molecule has 0 nitrogen and oxygen atoms in total. The summed E-state index contributed by atoms with van der Waals surface area (Å²) in [5.74, 6) is 0. The molecule has 0 aromatic rings. The lowest BCUT2D eigenvalue weighted by Gasteiger charge is -2.12. The molecule has 0 radical (unpaired) electrons. The summed E-state index contributed by atoms with van der Waals surface area (Å²) in [6.07, 6.45) is 16.1. The summed E-state index contributed by atoms with van der Waals surface area (Å²) in [5, 5.41) is 0. The zero-order valence-electron chi connectivity index (χ0n) is 9.96. The van der Waals surface area contributed by atoms with Crippen LogP contribution < -0.4 is 0 Å². The summed E-state index contributed by atoms with van der Waals surface area (Å²) >= 11 is 0. The minimum absolute atomic E-state index is 0.135. The van der Waals surface area contributed by atoms with Crippen molar-refractivity contribution in [1.82, 2.24) is 0 Å². The molecule has 15 heavy (non-hydrogen) atoms. The number of allylic oxidation sites excluding steroid dienone is 9. The van der Waals surface area contributed by atoms with Crippen molar-refractivity contribution >= 4 is 0 Å². The maximum atomic E-state index is 3.86. The molecule has 0 fully saturated rings. The summed E-state index contributed by atoms with van der Waals surface area (Å²) < 4.78 is 0. The van der Waals surface area contributed by atoms with Crippen LogP contribution in [0, 0.1) is 5.41 Å². The van der Waals surface area contributed by atoms with Gasteiger partial charge in [-0.05, 0) is 17.6 Å². The fraction of sp³-hybridized carbons (Fsp3) is 0.333. The first-order valence-electron chi connectivity index (χ1n) is 5.51. The zero-order valence-corrected chi connectivity index (χ0v) is 9.96. The monoisotopic (exact) mass is 200 g/mol. The fourth-order valence-electron chi connectivity index (χ4n) is 1.44. The summed E-state index contributed by atoms with van der Waals surface area (Å²) in [6.45, 7) is 10.4. The minimum atomic E-state index is 0.135. The van der Waals surface area contributed by atoms with Gasteiger partial charge < -0.3 is 0 Å². The van der Waals surface area contributed by atoms with E-state index in [1.807, 2.05) is 6.08 Å². The Morgan fingerprint density at radius 1 is 1.20 bits per heavy atom. The molecule has 0 saturated heterocycles. The maximum Gasteiger partial charge on any atom is 0.00111 e. The minimum Gasteiger partial charge on any atom is -0.0984 e. The van der Waals surface area contributed by atoms with Gasteiger partial charge in [-0.15, -0.1) is 0 Å². The number of hydrogen-bond acceptors (Lipinski definition) is 0. The van der Waals surface area contributed by atoms with Crippen molar-refractivity contribution < 1.29 is 0 Å². The van der Waals surface area contributed by atoms with Gasteiger partial charge in [0, 0.05) is 5.41 Å². The van der Waals surface area contributed by atoms with Crippen LogP contribution in [0.1, 0.15) is 27.2 Å². The van der Waals surface area contributed by atoms with Gasteiger partial charge in [-0.1, -0.05) is 69.9 Å². The summed E-state index contributed by atoms with van der Waals surface area (Å²) in [6, 6.07) is 0. The molecule has 0 spiro atoms. The predicted molar refractivity (Wildman–Crippen MR) is 68.7 cm³/mol. The standard InChI is InChI=1S/C15H20/c1-5-7-8-14-10-12-15(3,4)11-9-13(14)6-2/h6-12H,2,5H2,1,3-4H3/b8-7-. The van der Waals surface area contributed by atoms with Crippen LogP contribution in [-0.2, 0) is 0 Å². The van der Waals surface area contributed by atoms with Crippen molar-refractivity contribution in [3.63, 3.8) is 0 Å². The number of hydrogen-bond donors (Lipinski definition) is 0. The molecule has 0 amide bonds. The van der Waals surface area contributed by atoms with Crippen molar-refractivity contribution in [2.24, 2.45) is 5.41 Å². The molecule has 0 unspecified atom stereocenters. The highest BCUT2D eigenvalue weighted by molar-refractivity contribution is 5.48. The van der Waals surface area contributed by atoms with Crippen molar-refractivity contribution in [1.29, 1.82) is 0 Å². The molecule has 0 heteroatoms. The van der Waals surface area contributed by atoms with E-state index >= 15 is 0 Å². The topological polar surface area (TPSA) is 0 Å². The number of rotatable bonds is 3. The van der Waals surface area contributed by atoms with Crippen LogP contribution >= 0.6 is 0 Å². The Labute approximate surface area is 93.4 Å². The third-order valence-corrected chi connectivity index (χ3v) is 2.47. The van der Waals surface area contributed by atoms with E-state index in [4.69, 9.17) is 0 Å². The van der Waals surface area contributed by atoms with Gasteiger partial charge in [0.05, 0.1) is 0 Å². The van der Waals surface area contributed by atoms with Gasteiger partial charge in [-0.25, -0.2) is 0 Å². The molecule has 0 aliphatic heterocycles. The van der Waals surface area contributed by atoms with Gasteiger partial charge in [0.15, 0.2) is 0 Å². The Hall–Kier alpha value is -1.30. The van der Waals surface area contributed by atoms with E-state index in [9.17, 15) is 0 Å². The van der Waals surface area contributed by atoms with E-state index in [0.29, 0.717) is 0 Å². The third-order valence-electron chi connectivity index (χ3n) is 2.47. The summed E-state index contributed by atoms with van der Waals surface area (Å²) in [4.78, 5) is 0. The van der Waals surface area contributed by atoms with Gasteiger partial charge >= 0.3 is 0 Å². The molecule has 0 aromatic heterocycles. The molecule has 80 valence electrons. The quantitative estimate of drug-likeness (QED) is 0.625. The van der Waals surface area contributed by atoms with Gasteiger partial charge in [-0.2, -0.15) is 0 Å². The average molecular weight is 200 g/mol. The summed E-state index contributed by atoms with van der Waals surface area (Å²) in [7, 11) is 0. The Balaban J connectivity index is 3.08.